The molecule has 6 rings (SSSR count). The van der Waals surface area contributed by atoms with Gasteiger partial charge in [0, 0.05) is 17.1 Å². The lowest BCUT2D eigenvalue weighted by Crippen LogP contribution is -2.60. The fraction of sp³-hybridized carbons (Fsp3) is 0.417. The Labute approximate surface area is 260 Å². The first-order valence-electron chi connectivity index (χ1n) is 11.5. The van der Waals surface area contributed by atoms with E-state index in [4.69, 9.17) is 14.0 Å². The second kappa shape index (κ2) is 10.2. The maximum atomic E-state index is 14.6. The van der Waals surface area contributed by atoms with Gasteiger partial charge in [0.1, 0.15) is 5.60 Å². The standard InChI is InChI=1S/C24H17F4I3O7S/c25-14-16(27)20(39(34,35)36)17(28)15(26)19(14)37-22(33)23-4-9-1-10(5-23)7-24(6-9,8-23)38-21(32)12-2-11(29)3-13(30)18(12)31/h2-3,9-10H,1,4-8H2,(H,34,35,36). The molecular formula is C24H17F4I3O7S. The van der Waals surface area contributed by atoms with Gasteiger partial charge < -0.3 is 9.47 Å². The normalized spacial score (nSPS) is 27.5. The first-order valence-corrected chi connectivity index (χ1v) is 16.2. The number of carbonyl (C=O) groups excluding carboxylic acids is 2. The summed E-state index contributed by atoms with van der Waals surface area (Å²) in [5.41, 5.74) is -2.02. The minimum Gasteiger partial charge on any atom is -0.455 e. The largest absolute Gasteiger partial charge is 0.455 e. The van der Waals surface area contributed by atoms with Crippen molar-refractivity contribution in [2.75, 3.05) is 0 Å². The van der Waals surface area contributed by atoms with Crippen molar-refractivity contribution in [1.82, 2.24) is 0 Å². The van der Waals surface area contributed by atoms with Crippen molar-refractivity contribution in [2.45, 2.75) is 49.0 Å². The maximum absolute atomic E-state index is 14.6. The van der Waals surface area contributed by atoms with E-state index in [0.717, 1.165) is 13.6 Å². The molecule has 0 heterocycles. The molecule has 210 valence electrons. The highest BCUT2D eigenvalue weighted by Gasteiger charge is 2.63. The van der Waals surface area contributed by atoms with Crippen LogP contribution in [0.3, 0.4) is 0 Å². The van der Waals surface area contributed by atoms with E-state index in [2.05, 4.69) is 67.8 Å². The Kier molecular flexibility index (Phi) is 7.75. The van der Waals surface area contributed by atoms with Crippen LogP contribution in [0.1, 0.15) is 48.9 Å². The van der Waals surface area contributed by atoms with Crippen molar-refractivity contribution >= 4 is 89.8 Å². The summed E-state index contributed by atoms with van der Waals surface area (Å²) < 4.78 is 103. The predicted molar refractivity (Wildman–Crippen MR) is 152 cm³/mol. The Morgan fingerprint density at radius 2 is 1.49 bits per heavy atom. The van der Waals surface area contributed by atoms with Gasteiger partial charge in [-0.05, 0) is 124 Å². The van der Waals surface area contributed by atoms with Crippen LogP contribution in [0.5, 0.6) is 5.75 Å². The quantitative estimate of drug-likeness (QED) is 0.0925. The van der Waals surface area contributed by atoms with Gasteiger partial charge in [-0.1, -0.05) is 0 Å². The van der Waals surface area contributed by atoms with E-state index in [9.17, 15) is 35.6 Å². The van der Waals surface area contributed by atoms with Crippen LogP contribution in [0, 0.1) is 51.2 Å². The molecule has 4 bridgehead atoms. The van der Waals surface area contributed by atoms with E-state index >= 15 is 0 Å². The molecule has 4 aliphatic carbocycles. The highest BCUT2D eigenvalue weighted by atomic mass is 127. The summed E-state index contributed by atoms with van der Waals surface area (Å²) in [6.45, 7) is 0. The van der Waals surface area contributed by atoms with E-state index in [1.165, 1.54) is 0 Å². The van der Waals surface area contributed by atoms with Gasteiger partial charge >= 0.3 is 22.1 Å². The highest BCUT2D eigenvalue weighted by molar-refractivity contribution is 14.1. The fourth-order valence-electron chi connectivity index (χ4n) is 6.60. The third-order valence-corrected chi connectivity index (χ3v) is 12.1. The molecular weight excluding hydrogens is 889 g/mol. The van der Waals surface area contributed by atoms with Gasteiger partial charge in [-0.15, -0.1) is 0 Å². The van der Waals surface area contributed by atoms with Gasteiger partial charge in [-0.3, -0.25) is 9.35 Å². The predicted octanol–water partition coefficient (Wildman–Crippen LogP) is 6.40. The molecule has 15 heteroatoms. The summed E-state index contributed by atoms with van der Waals surface area (Å²) in [7, 11) is -5.66. The molecule has 2 aromatic rings. The van der Waals surface area contributed by atoms with Crippen LogP contribution < -0.4 is 4.74 Å². The number of hydrogen-bond donors (Lipinski definition) is 1. The van der Waals surface area contributed by atoms with Gasteiger partial charge in [0.15, 0.2) is 16.5 Å². The molecule has 0 saturated heterocycles. The number of ether oxygens (including phenoxy) is 2. The first-order chi connectivity index (χ1) is 18.1. The van der Waals surface area contributed by atoms with Crippen molar-refractivity contribution in [3.05, 3.63) is 51.7 Å². The number of hydrogen-bond acceptors (Lipinski definition) is 6. The van der Waals surface area contributed by atoms with Crippen molar-refractivity contribution in [2.24, 2.45) is 17.3 Å². The summed E-state index contributed by atoms with van der Waals surface area (Å²) in [6.07, 6.45) is 2.23. The number of rotatable bonds is 5. The summed E-state index contributed by atoms with van der Waals surface area (Å²) in [6, 6.07) is 3.60. The molecule has 7 nitrogen and oxygen atoms in total. The van der Waals surface area contributed by atoms with Gasteiger partial charge in [0.25, 0.3) is 0 Å². The minimum absolute atomic E-state index is 0.00746. The van der Waals surface area contributed by atoms with Gasteiger partial charge in [0.05, 0.1) is 11.0 Å². The fourth-order valence-corrected chi connectivity index (χ4v) is 9.61. The van der Waals surface area contributed by atoms with Crippen molar-refractivity contribution in [3.8, 4) is 5.75 Å². The Morgan fingerprint density at radius 3 is 2.03 bits per heavy atom. The first kappa shape index (κ1) is 29.7. The number of carbonyl (C=O) groups is 2. The number of halogens is 7. The molecule has 0 aliphatic heterocycles. The summed E-state index contributed by atoms with van der Waals surface area (Å²) in [5, 5.41) is 0. The Bertz CT molecular complexity index is 1510. The van der Waals surface area contributed by atoms with E-state index in [1.807, 2.05) is 6.07 Å². The van der Waals surface area contributed by atoms with Gasteiger partial charge in [-0.2, -0.15) is 17.2 Å². The molecule has 0 radical (unpaired) electrons. The smallest absolute Gasteiger partial charge is 0.339 e. The van der Waals surface area contributed by atoms with E-state index in [0.29, 0.717) is 22.0 Å². The summed E-state index contributed by atoms with van der Waals surface area (Å²) >= 11 is 6.25. The average Bonchev–Trinajstić information content (AvgIpc) is 2.80. The lowest BCUT2D eigenvalue weighted by Gasteiger charge is -2.59. The lowest BCUT2D eigenvalue weighted by molar-refractivity contribution is -0.190. The SMILES string of the molecule is O=C(OC12CC3CC(C1)CC(C(=O)Oc1c(F)c(F)c(S(=O)(=O)O)c(F)c1F)(C3)C2)c1cc(I)cc(I)c1I. The van der Waals surface area contributed by atoms with Crippen LogP contribution in [0.4, 0.5) is 17.6 Å². The molecule has 1 N–H and O–H groups in total. The molecule has 4 saturated carbocycles. The van der Waals surface area contributed by atoms with Crippen LogP contribution >= 0.6 is 67.8 Å². The third-order valence-electron chi connectivity index (χ3n) is 7.60. The zero-order valence-corrected chi connectivity index (χ0v) is 26.8. The summed E-state index contributed by atoms with van der Waals surface area (Å²) in [5.74, 6) is -13.0. The average molecular weight is 906 g/mol. The minimum atomic E-state index is -5.66. The molecule has 2 atom stereocenters. The van der Waals surface area contributed by atoms with Crippen LogP contribution in [0.15, 0.2) is 17.0 Å². The molecule has 2 unspecified atom stereocenters. The third kappa shape index (κ3) is 5.19. The van der Waals surface area contributed by atoms with Crippen molar-refractivity contribution < 1.29 is 49.6 Å². The van der Waals surface area contributed by atoms with E-state index < -0.39 is 67.0 Å². The van der Waals surface area contributed by atoms with Gasteiger partial charge in [-0.25, -0.2) is 13.6 Å². The Hall–Kier alpha value is -0.800. The molecule has 2 aromatic carbocycles. The second-order valence-corrected chi connectivity index (χ2v) is 15.2. The topological polar surface area (TPSA) is 107 Å². The molecule has 4 aliphatic rings. The van der Waals surface area contributed by atoms with Crippen LogP contribution in [-0.2, 0) is 19.6 Å². The monoisotopic (exact) mass is 906 g/mol. The lowest BCUT2D eigenvalue weighted by atomic mass is 9.48. The van der Waals surface area contributed by atoms with Crippen molar-refractivity contribution in [3.63, 3.8) is 0 Å². The zero-order chi connectivity index (χ0) is 28.7. The summed E-state index contributed by atoms with van der Waals surface area (Å²) in [4.78, 5) is 24.5. The zero-order valence-electron chi connectivity index (χ0n) is 19.5. The maximum Gasteiger partial charge on any atom is 0.339 e. The van der Waals surface area contributed by atoms with E-state index in [1.54, 1.807) is 6.07 Å². The van der Waals surface area contributed by atoms with Crippen molar-refractivity contribution in [1.29, 1.82) is 0 Å². The van der Waals surface area contributed by atoms with Crippen LogP contribution in [0.25, 0.3) is 0 Å². The molecule has 0 aromatic heterocycles. The second-order valence-electron chi connectivity index (χ2n) is 10.3. The van der Waals surface area contributed by atoms with Gasteiger partial charge in [0.2, 0.25) is 17.4 Å². The van der Waals surface area contributed by atoms with Crippen LogP contribution in [-0.4, -0.2) is 30.5 Å². The Balaban J connectivity index is 1.46. The molecule has 39 heavy (non-hydrogen) atoms. The Morgan fingerprint density at radius 1 is 0.923 bits per heavy atom. The number of esters is 2. The molecule has 0 amide bonds. The molecule has 0 spiro atoms. The van der Waals surface area contributed by atoms with E-state index in [-0.39, 0.29) is 31.1 Å². The molecule has 4 fully saturated rings. The van der Waals surface area contributed by atoms with Crippen LogP contribution in [0.2, 0.25) is 0 Å². The number of benzene rings is 2. The highest BCUT2D eigenvalue weighted by Crippen LogP contribution is 2.63.